The first-order valence-electron chi connectivity index (χ1n) is 7.48. The quantitative estimate of drug-likeness (QED) is 0.834. The van der Waals surface area contributed by atoms with Gasteiger partial charge in [-0.25, -0.2) is 0 Å². The van der Waals surface area contributed by atoms with Crippen LogP contribution in [0.5, 0.6) is 5.75 Å². The van der Waals surface area contributed by atoms with Gasteiger partial charge in [0, 0.05) is 42.8 Å². The van der Waals surface area contributed by atoms with Crippen molar-refractivity contribution in [1.82, 2.24) is 9.80 Å². The van der Waals surface area contributed by atoms with E-state index in [2.05, 4.69) is 16.8 Å². The van der Waals surface area contributed by atoms with Crippen LogP contribution in [0, 0.1) is 0 Å². The van der Waals surface area contributed by atoms with Crippen molar-refractivity contribution in [3.63, 3.8) is 0 Å². The van der Waals surface area contributed by atoms with Crippen LogP contribution in [0.4, 0.5) is 0 Å². The van der Waals surface area contributed by atoms with E-state index in [1.165, 1.54) is 24.0 Å². The van der Waals surface area contributed by atoms with Crippen molar-refractivity contribution in [1.29, 1.82) is 0 Å². The normalized spacial score (nSPS) is 24.4. The molecule has 4 heteroatoms. The van der Waals surface area contributed by atoms with Crippen molar-refractivity contribution < 1.29 is 4.74 Å². The number of fused-ring (bicyclic) bond motifs is 1. The summed E-state index contributed by atoms with van der Waals surface area (Å²) < 4.78 is 5.61. The summed E-state index contributed by atoms with van der Waals surface area (Å²) >= 11 is 6.42. The fourth-order valence-corrected chi connectivity index (χ4v) is 3.79. The second kappa shape index (κ2) is 5.92. The van der Waals surface area contributed by atoms with Crippen molar-refractivity contribution in [2.75, 3.05) is 40.3 Å². The Kier molecular flexibility index (Phi) is 4.20. The Labute approximate surface area is 126 Å². The minimum Gasteiger partial charge on any atom is -0.496 e. The average Bonchev–Trinajstić information content (AvgIpc) is 2.48. The Morgan fingerprint density at radius 1 is 1.20 bits per heavy atom. The Bertz CT molecular complexity index is 484. The number of methoxy groups -OCH3 is 1. The molecule has 0 bridgehead atoms. The molecule has 1 aromatic carbocycles. The van der Waals surface area contributed by atoms with Crippen LogP contribution in [0.2, 0.25) is 5.02 Å². The summed E-state index contributed by atoms with van der Waals surface area (Å²) in [6, 6.07) is 4.47. The number of hydrogen-bond donors (Lipinski definition) is 0. The van der Waals surface area contributed by atoms with Crippen LogP contribution in [-0.2, 0) is 6.42 Å². The molecule has 3 nitrogen and oxygen atoms in total. The maximum absolute atomic E-state index is 6.42. The predicted octanol–water partition coefficient (Wildman–Crippen LogP) is 2.97. The molecule has 0 saturated carbocycles. The molecule has 0 N–H and O–H groups in total. The van der Waals surface area contributed by atoms with Crippen LogP contribution in [-0.4, -0.2) is 50.1 Å². The van der Waals surface area contributed by atoms with Gasteiger partial charge in [0.2, 0.25) is 0 Å². The summed E-state index contributed by atoms with van der Waals surface area (Å²) in [5, 5.41) is 0.902. The Balaban J connectivity index is 1.94. The van der Waals surface area contributed by atoms with E-state index in [1.807, 2.05) is 12.1 Å². The molecule has 0 aromatic heterocycles. The van der Waals surface area contributed by atoms with Gasteiger partial charge < -0.3 is 9.64 Å². The molecule has 1 aromatic rings. The third kappa shape index (κ3) is 2.54. The van der Waals surface area contributed by atoms with Crippen molar-refractivity contribution in [3.8, 4) is 5.75 Å². The summed E-state index contributed by atoms with van der Waals surface area (Å²) in [5.41, 5.74) is 2.65. The molecule has 1 unspecified atom stereocenters. The number of ether oxygens (including phenoxy) is 1. The van der Waals surface area contributed by atoms with Gasteiger partial charge in [-0.3, -0.25) is 4.90 Å². The van der Waals surface area contributed by atoms with Crippen LogP contribution in [0.15, 0.2) is 12.1 Å². The second-order valence-electron chi connectivity index (χ2n) is 5.89. The minimum atomic E-state index is 0.473. The highest BCUT2D eigenvalue weighted by atomic mass is 35.5. The topological polar surface area (TPSA) is 15.7 Å². The van der Waals surface area contributed by atoms with Crippen molar-refractivity contribution in [2.45, 2.75) is 25.3 Å². The Hall–Kier alpha value is -0.770. The average molecular weight is 295 g/mol. The van der Waals surface area contributed by atoms with Crippen LogP contribution >= 0.6 is 11.6 Å². The van der Waals surface area contributed by atoms with Gasteiger partial charge in [-0.15, -0.1) is 0 Å². The molecule has 2 aliphatic rings. The molecule has 1 heterocycles. The Morgan fingerprint density at radius 3 is 2.65 bits per heavy atom. The second-order valence-corrected chi connectivity index (χ2v) is 6.30. The van der Waals surface area contributed by atoms with Gasteiger partial charge in [0.1, 0.15) is 5.75 Å². The lowest BCUT2D eigenvalue weighted by Gasteiger charge is -2.41. The van der Waals surface area contributed by atoms with E-state index < -0.39 is 0 Å². The molecule has 1 aliphatic heterocycles. The molecule has 0 amide bonds. The number of nitrogens with zero attached hydrogens (tertiary/aromatic N) is 2. The standard InChI is InChI=1S/C16H23ClN2O/c1-18-8-10-19(11-9-18)14-5-3-4-12-13(17)6-7-15(20-2)16(12)14/h6-7,14H,3-5,8-11H2,1-2H3. The maximum Gasteiger partial charge on any atom is 0.124 e. The molecule has 1 fully saturated rings. The summed E-state index contributed by atoms with van der Waals surface area (Å²) in [5.74, 6) is 1.01. The van der Waals surface area contributed by atoms with Crippen LogP contribution in [0.25, 0.3) is 0 Å². The minimum absolute atomic E-state index is 0.473. The fraction of sp³-hybridized carbons (Fsp3) is 0.625. The lowest BCUT2D eigenvalue weighted by atomic mass is 9.85. The van der Waals surface area contributed by atoms with E-state index in [4.69, 9.17) is 16.3 Å². The van der Waals surface area contributed by atoms with Gasteiger partial charge in [-0.1, -0.05) is 11.6 Å². The zero-order valence-electron chi connectivity index (χ0n) is 12.4. The number of likely N-dealkylation sites (N-methyl/N-ethyl adjacent to an activating group) is 1. The molecule has 1 atom stereocenters. The largest absolute Gasteiger partial charge is 0.496 e. The lowest BCUT2D eigenvalue weighted by molar-refractivity contribution is 0.101. The molecular formula is C16H23ClN2O. The Morgan fingerprint density at radius 2 is 1.95 bits per heavy atom. The summed E-state index contributed by atoms with van der Waals surface area (Å²) in [7, 11) is 3.96. The first kappa shape index (κ1) is 14.2. The third-order valence-corrected chi connectivity index (χ3v) is 5.05. The van der Waals surface area contributed by atoms with Crippen molar-refractivity contribution >= 4 is 11.6 Å². The van der Waals surface area contributed by atoms with Crippen LogP contribution < -0.4 is 4.74 Å². The number of piperazine rings is 1. The molecule has 0 spiro atoms. The van der Waals surface area contributed by atoms with Gasteiger partial charge >= 0.3 is 0 Å². The number of halogens is 1. The van der Waals surface area contributed by atoms with Gasteiger partial charge in [0.15, 0.2) is 0 Å². The molecule has 1 aliphatic carbocycles. The van der Waals surface area contributed by atoms with E-state index >= 15 is 0 Å². The van der Waals surface area contributed by atoms with Gasteiger partial charge in [0.05, 0.1) is 7.11 Å². The summed E-state index contributed by atoms with van der Waals surface area (Å²) in [6.45, 7) is 4.57. The monoisotopic (exact) mass is 294 g/mol. The summed E-state index contributed by atoms with van der Waals surface area (Å²) in [4.78, 5) is 5.01. The third-order valence-electron chi connectivity index (χ3n) is 4.70. The van der Waals surface area contributed by atoms with Crippen LogP contribution in [0.1, 0.15) is 30.0 Å². The van der Waals surface area contributed by atoms with Crippen LogP contribution in [0.3, 0.4) is 0 Å². The van der Waals surface area contributed by atoms with E-state index in [9.17, 15) is 0 Å². The molecule has 3 rings (SSSR count). The zero-order chi connectivity index (χ0) is 14.1. The highest BCUT2D eigenvalue weighted by molar-refractivity contribution is 6.31. The van der Waals surface area contributed by atoms with E-state index in [0.717, 1.165) is 43.4 Å². The first-order chi connectivity index (χ1) is 9.70. The van der Waals surface area contributed by atoms with E-state index in [1.54, 1.807) is 7.11 Å². The van der Waals surface area contributed by atoms with Crippen molar-refractivity contribution in [2.24, 2.45) is 0 Å². The maximum atomic E-state index is 6.42. The molecular weight excluding hydrogens is 272 g/mol. The van der Waals surface area contributed by atoms with E-state index in [0.29, 0.717) is 6.04 Å². The molecule has 0 radical (unpaired) electrons. The number of benzene rings is 1. The van der Waals surface area contributed by atoms with Crippen molar-refractivity contribution in [3.05, 3.63) is 28.3 Å². The van der Waals surface area contributed by atoms with Gasteiger partial charge in [-0.2, -0.15) is 0 Å². The highest BCUT2D eigenvalue weighted by Crippen LogP contribution is 2.42. The lowest BCUT2D eigenvalue weighted by Crippen LogP contribution is -2.46. The number of rotatable bonds is 2. The fourth-order valence-electron chi connectivity index (χ4n) is 3.53. The van der Waals surface area contributed by atoms with Gasteiger partial charge in [-0.05, 0) is 44.0 Å². The summed E-state index contributed by atoms with van der Waals surface area (Å²) in [6.07, 6.45) is 3.51. The highest BCUT2D eigenvalue weighted by Gasteiger charge is 2.31. The number of hydrogen-bond acceptors (Lipinski definition) is 3. The predicted molar refractivity (Wildman–Crippen MR) is 82.8 cm³/mol. The first-order valence-corrected chi connectivity index (χ1v) is 7.86. The zero-order valence-corrected chi connectivity index (χ0v) is 13.1. The molecule has 1 saturated heterocycles. The molecule has 20 heavy (non-hydrogen) atoms. The molecule has 110 valence electrons. The van der Waals surface area contributed by atoms with E-state index in [-0.39, 0.29) is 0 Å². The smallest absolute Gasteiger partial charge is 0.124 e. The van der Waals surface area contributed by atoms with Gasteiger partial charge in [0.25, 0.3) is 0 Å². The SMILES string of the molecule is COc1ccc(Cl)c2c1C(N1CCN(C)CC1)CCC2.